The molecule has 5 aromatic rings. The number of anilines is 1. The van der Waals surface area contributed by atoms with Crippen LogP contribution in [0.4, 0.5) is 5.82 Å². The molecule has 2 aromatic carbocycles. The number of hydrogen-bond donors (Lipinski definition) is 2. The molecule has 0 saturated heterocycles. The summed E-state index contributed by atoms with van der Waals surface area (Å²) >= 11 is 12.8. The van der Waals surface area contributed by atoms with Crippen LogP contribution in [0.15, 0.2) is 61.1 Å². The lowest BCUT2D eigenvalue weighted by atomic mass is 10.1. The number of nitrogens with one attached hydrogen (secondary N) is 2. The van der Waals surface area contributed by atoms with Crippen LogP contribution in [-0.2, 0) is 6.54 Å². The molecule has 0 aliphatic carbocycles. The second kappa shape index (κ2) is 7.67. The molecule has 0 saturated carbocycles. The number of benzene rings is 2. The molecule has 0 radical (unpaired) electrons. The SMILES string of the molecule is Cc1cc2c(Cl)ccc(Cl)c2n1CCNc1cc(-c2ccc3[nH]ccc3c2)ncn1. The Bertz CT molecular complexity index is 1370. The van der Waals surface area contributed by atoms with E-state index in [4.69, 9.17) is 23.2 Å². The van der Waals surface area contributed by atoms with Gasteiger partial charge < -0.3 is 14.9 Å². The van der Waals surface area contributed by atoms with Gasteiger partial charge in [0.25, 0.3) is 0 Å². The number of hydrogen-bond acceptors (Lipinski definition) is 3. The Kier molecular flexibility index (Phi) is 4.85. The summed E-state index contributed by atoms with van der Waals surface area (Å²) in [5, 5.41) is 6.95. The van der Waals surface area contributed by atoms with Crippen LogP contribution in [0.1, 0.15) is 5.69 Å². The van der Waals surface area contributed by atoms with Gasteiger partial charge in [-0.3, -0.25) is 0 Å². The molecule has 0 spiro atoms. The van der Waals surface area contributed by atoms with E-state index in [1.54, 1.807) is 6.33 Å². The lowest BCUT2D eigenvalue weighted by molar-refractivity contribution is 0.733. The first-order valence-corrected chi connectivity index (χ1v) is 10.4. The molecule has 0 aliphatic heterocycles. The maximum Gasteiger partial charge on any atom is 0.130 e. The summed E-state index contributed by atoms with van der Waals surface area (Å²) < 4.78 is 2.18. The smallest absolute Gasteiger partial charge is 0.130 e. The molecular weight excluding hydrogens is 417 g/mol. The van der Waals surface area contributed by atoms with Crippen LogP contribution in [0, 0.1) is 6.92 Å². The molecule has 5 nitrogen and oxygen atoms in total. The number of fused-ring (bicyclic) bond motifs is 2. The van der Waals surface area contributed by atoms with E-state index in [1.165, 1.54) is 0 Å². The third kappa shape index (κ3) is 3.40. The highest BCUT2D eigenvalue weighted by Gasteiger charge is 2.12. The summed E-state index contributed by atoms with van der Waals surface area (Å²) in [6.07, 6.45) is 3.53. The quantitative estimate of drug-likeness (QED) is 0.340. The highest BCUT2D eigenvalue weighted by atomic mass is 35.5. The third-order valence-electron chi connectivity index (χ3n) is 5.32. The highest BCUT2D eigenvalue weighted by molar-refractivity contribution is 6.40. The maximum absolute atomic E-state index is 6.44. The number of halogens is 2. The number of nitrogens with zero attached hydrogens (tertiary/aromatic N) is 3. The van der Waals surface area contributed by atoms with Crippen LogP contribution in [-0.4, -0.2) is 26.1 Å². The Labute approximate surface area is 183 Å². The minimum absolute atomic E-state index is 0.695. The zero-order chi connectivity index (χ0) is 20.7. The van der Waals surface area contributed by atoms with Crippen molar-refractivity contribution in [3.05, 3.63) is 76.8 Å². The van der Waals surface area contributed by atoms with Crippen LogP contribution in [0.3, 0.4) is 0 Å². The van der Waals surface area contributed by atoms with E-state index in [1.807, 2.05) is 24.4 Å². The van der Waals surface area contributed by atoms with Gasteiger partial charge in [-0.25, -0.2) is 9.97 Å². The molecule has 5 rings (SSSR count). The van der Waals surface area contributed by atoms with E-state index in [0.29, 0.717) is 16.6 Å². The van der Waals surface area contributed by atoms with Gasteiger partial charge >= 0.3 is 0 Å². The van der Waals surface area contributed by atoms with Gasteiger partial charge in [-0.1, -0.05) is 29.3 Å². The lowest BCUT2D eigenvalue weighted by Gasteiger charge is -2.12. The molecule has 3 aromatic heterocycles. The van der Waals surface area contributed by atoms with Crippen LogP contribution < -0.4 is 5.32 Å². The molecule has 0 fully saturated rings. The Morgan fingerprint density at radius 1 is 1.00 bits per heavy atom. The average Bonchev–Trinajstić information content (AvgIpc) is 3.35. The molecule has 7 heteroatoms. The summed E-state index contributed by atoms with van der Waals surface area (Å²) in [5.41, 5.74) is 5.13. The molecule has 3 heterocycles. The van der Waals surface area contributed by atoms with Crippen molar-refractivity contribution >= 4 is 50.8 Å². The fourth-order valence-corrected chi connectivity index (χ4v) is 4.31. The average molecular weight is 436 g/mol. The molecule has 0 aliphatic rings. The van der Waals surface area contributed by atoms with Gasteiger partial charge in [-0.15, -0.1) is 0 Å². The lowest BCUT2D eigenvalue weighted by Crippen LogP contribution is -2.12. The second-order valence-electron chi connectivity index (χ2n) is 7.22. The molecule has 0 unspecified atom stereocenters. The zero-order valence-electron chi connectivity index (χ0n) is 16.3. The number of aromatic amines is 1. The normalized spacial score (nSPS) is 11.4. The Morgan fingerprint density at radius 2 is 1.87 bits per heavy atom. The van der Waals surface area contributed by atoms with Crippen LogP contribution in [0.2, 0.25) is 10.0 Å². The minimum atomic E-state index is 0.695. The van der Waals surface area contributed by atoms with Crippen molar-refractivity contribution in [1.29, 1.82) is 0 Å². The van der Waals surface area contributed by atoms with E-state index in [0.717, 1.165) is 51.1 Å². The first-order chi connectivity index (χ1) is 14.6. The Hall–Kier alpha value is -3.02. The number of aromatic nitrogens is 4. The van der Waals surface area contributed by atoms with Gasteiger partial charge in [0.1, 0.15) is 12.1 Å². The summed E-state index contributed by atoms with van der Waals surface area (Å²) in [6.45, 7) is 3.50. The first-order valence-electron chi connectivity index (χ1n) is 9.67. The molecule has 0 bridgehead atoms. The van der Waals surface area contributed by atoms with E-state index < -0.39 is 0 Å². The molecular formula is C23H19Cl2N5. The van der Waals surface area contributed by atoms with E-state index >= 15 is 0 Å². The molecule has 150 valence electrons. The van der Waals surface area contributed by atoms with Crippen LogP contribution >= 0.6 is 23.2 Å². The van der Waals surface area contributed by atoms with Crippen molar-refractivity contribution in [2.75, 3.05) is 11.9 Å². The van der Waals surface area contributed by atoms with Crippen LogP contribution in [0.25, 0.3) is 33.1 Å². The van der Waals surface area contributed by atoms with E-state index in [-0.39, 0.29) is 0 Å². The standard InChI is InChI=1S/C23H19Cl2N5/c1-14-10-17-18(24)3-4-19(25)23(17)30(14)9-8-27-22-12-21(28-13-29-22)15-2-5-20-16(11-15)6-7-26-20/h2-7,10-13,26H,8-9H2,1H3,(H,27,28,29). The van der Waals surface area contributed by atoms with Gasteiger partial charge in [0, 0.05) is 52.9 Å². The Morgan fingerprint density at radius 3 is 2.77 bits per heavy atom. The van der Waals surface area contributed by atoms with Crippen molar-refractivity contribution < 1.29 is 0 Å². The predicted molar refractivity (Wildman–Crippen MR) is 125 cm³/mol. The second-order valence-corrected chi connectivity index (χ2v) is 8.04. The molecule has 0 atom stereocenters. The summed E-state index contributed by atoms with van der Waals surface area (Å²) in [5.74, 6) is 0.785. The number of rotatable bonds is 5. The fraction of sp³-hybridized carbons (Fsp3) is 0.130. The Balaban J connectivity index is 1.35. The van der Waals surface area contributed by atoms with Gasteiger partial charge in [-0.05, 0) is 43.3 Å². The van der Waals surface area contributed by atoms with E-state index in [2.05, 4.69) is 62.1 Å². The topological polar surface area (TPSA) is 58.5 Å². The largest absolute Gasteiger partial charge is 0.368 e. The monoisotopic (exact) mass is 435 g/mol. The highest BCUT2D eigenvalue weighted by Crippen LogP contribution is 2.32. The van der Waals surface area contributed by atoms with Crippen molar-refractivity contribution in [3.8, 4) is 11.3 Å². The van der Waals surface area contributed by atoms with Crippen molar-refractivity contribution in [2.24, 2.45) is 0 Å². The molecule has 30 heavy (non-hydrogen) atoms. The molecule has 0 amide bonds. The number of H-pyrrole nitrogens is 1. The number of aryl methyl sites for hydroxylation is 1. The predicted octanol–water partition coefficient (Wildman–Crippen LogP) is 6.31. The fourth-order valence-electron chi connectivity index (χ4n) is 3.84. The van der Waals surface area contributed by atoms with E-state index in [9.17, 15) is 0 Å². The van der Waals surface area contributed by atoms with Gasteiger partial charge in [-0.2, -0.15) is 0 Å². The first kappa shape index (κ1) is 19.0. The van der Waals surface area contributed by atoms with Gasteiger partial charge in [0.15, 0.2) is 0 Å². The summed E-state index contributed by atoms with van der Waals surface area (Å²) in [6, 6.07) is 16.0. The maximum atomic E-state index is 6.44. The third-order valence-corrected chi connectivity index (χ3v) is 5.96. The van der Waals surface area contributed by atoms with Gasteiger partial charge in [0.05, 0.1) is 21.3 Å². The van der Waals surface area contributed by atoms with Crippen molar-refractivity contribution in [1.82, 2.24) is 19.5 Å². The summed E-state index contributed by atoms with van der Waals surface area (Å²) in [4.78, 5) is 12.0. The minimum Gasteiger partial charge on any atom is -0.368 e. The van der Waals surface area contributed by atoms with Crippen molar-refractivity contribution in [3.63, 3.8) is 0 Å². The van der Waals surface area contributed by atoms with Crippen LogP contribution in [0.5, 0.6) is 0 Å². The molecule has 2 N–H and O–H groups in total. The summed E-state index contributed by atoms with van der Waals surface area (Å²) in [7, 11) is 0. The van der Waals surface area contributed by atoms with Gasteiger partial charge in [0.2, 0.25) is 0 Å². The van der Waals surface area contributed by atoms with Crippen molar-refractivity contribution in [2.45, 2.75) is 13.5 Å². The zero-order valence-corrected chi connectivity index (χ0v) is 17.8.